The van der Waals surface area contributed by atoms with Crippen LogP contribution in [-0.4, -0.2) is 18.8 Å². The molecule has 0 spiro atoms. The maximum absolute atomic E-state index is 5.60. The van der Waals surface area contributed by atoms with Crippen LogP contribution < -0.4 is 0 Å². The molecule has 0 aromatic rings. The molecular formula is C9H21OSi2. The molecule has 0 fully saturated rings. The lowest BCUT2D eigenvalue weighted by molar-refractivity contribution is 0.568. The molecule has 0 amide bonds. The molecule has 0 aromatic carbocycles. The fourth-order valence-corrected chi connectivity index (χ4v) is 6.60. The highest BCUT2D eigenvalue weighted by Crippen LogP contribution is 2.25. The van der Waals surface area contributed by atoms with Gasteiger partial charge < -0.3 is 4.12 Å². The molecule has 0 aliphatic carbocycles. The second kappa shape index (κ2) is 6.86. The van der Waals surface area contributed by atoms with Crippen molar-refractivity contribution in [2.24, 2.45) is 0 Å². The van der Waals surface area contributed by atoms with Crippen LogP contribution in [-0.2, 0) is 4.12 Å². The van der Waals surface area contributed by atoms with Crippen LogP contribution in [0.5, 0.6) is 0 Å². The van der Waals surface area contributed by atoms with Crippen molar-refractivity contribution in [1.29, 1.82) is 0 Å². The van der Waals surface area contributed by atoms with Crippen LogP contribution in [0.2, 0.25) is 18.1 Å². The van der Waals surface area contributed by atoms with Crippen molar-refractivity contribution in [3.63, 3.8) is 0 Å². The molecule has 1 nitrogen and oxygen atoms in total. The molecule has 0 saturated carbocycles. The molecule has 0 unspecified atom stereocenters. The maximum Gasteiger partial charge on any atom is 0.230 e. The summed E-state index contributed by atoms with van der Waals surface area (Å²) in [4.78, 5) is 0. The van der Waals surface area contributed by atoms with Crippen molar-refractivity contribution in [3.05, 3.63) is 0 Å². The van der Waals surface area contributed by atoms with Crippen LogP contribution in [0.15, 0.2) is 0 Å². The second-order valence-corrected chi connectivity index (χ2v) is 8.22. The Labute approximate surface area is 81.6 Å². The van der Waals surface area contributed by atoms with Gasteiger partial charge in [-0.25, -0.2) is 0 Å². The standard InChI is InChI=1S/C9H21OSi2/c1-4-7-12(10-11,8-5-2)9-6-3/h4-9H2,1-3H3. The lowest BCUT2D eigenvalue weighted by Crippen LogP contribution is -2.36. The van der Waals surface area contributed by atoms with Gasteiger partial charge in [-0.3, -0.25) is 0 Å². The highest BCUT2D eigenvalue weighted by molar-refractivity contribution is 6.76. The van der Waals surface area contributed by atoms with E-state index in [1.54, 1.807) is 0 Å². The van der Waals surface area contributed by atoms with E-state index in [0.29, 0.717) is 0 Å². The van der Waals surface area contributed by atoms with E-state index in [1.807, 2.05) is 0 Å². The van der Waals surface area contributed by atoms with Crippen LogP contribution in [0.3, 0.4) is 0 Å². The molecule has 12 heavy (non-hydrogen) atoms. The zero-order valence-electron chi connectivity index (χ0n) is 8.65. The molecule has 0 N–H and O–H groups in total. The first-order valence-electron chi connectivity index (χ1n) is 5.09. The Balaban J connectivity index is 4.06. The Bertz CT molecular complexity index is 89.7. The second-order valence-electron chi connectivity index (χ2n) is 3.54. The third-order valence-corrected chi connectivity index (χ3v) is 8.30. The van der Waals surface area contributed by atoms with Crippen molar-refractivity contribution in [2.75, 3.05) is 0 Å². The van der Waals surface area contributed by atoms with E-state index in [2.05, 4.69) is 31.3 Å². The minimum absolute atomic E-state index is 1.26. The van der Waals surface area contributed by atoms with Crippen LogP contribution in [0.25, 0.3) is 0 Å². The third-order valence-electron chi connectivity index (χ3n) is 2.33. The largest absolute Gasteiger partial charge is 0.457 e. The minimum atomic E-state index is -1.36. The summed E-state index contributed by atoms with van der Waals surface area (Å²) < 4.78 is 5.60. The fourth-order valence-electron chi connectivity index (χ4n) is 1.89. The first-order valence-corrected chi connectivity index (χ1v) is 8.03. The van der Waals surface area contributed by atoms with Gasteiger partial charge >= 0.3 is 0 Å². The van der Waals surface area contributed by atoms with Crippen molar-refractivity contribution in [2.45, 2.75) is 58.2 Å². The average Bonchev–Trinajstić information content (AvgIpc) is 2.06. The monoisotopic (exact) mass is 201 g/mol. The van der Waals surface area contributed by atoms with Gasteiger partial charge in [0.05, 0.1) is 0 Å². The van der Waals surface area contributed by atoms with Gasteiger partial charge in [0.15, 0.2) is 8.32 Å². The summed E-state index contributed by atoms with van der Waals surface area (Å²) in [5, 5.41) is 0. The van der Waals surface area contributed by atoms with Gasteiger partial charge in [0.1, 0.15) is 0 Å². The van der Waals surface area contributed by atoms with Gasteiger partial charge in [0, 0.05) is 0 Å². The Morgan fingerprint density at radius 2 is 1.25 bits per heavy atom. The van der Waals surface area contributed by atoms with Crippen molar-refractivity contribution >= 4 is 18.8 Å². The topological polar surface area (TPSA) is 9.23 Å². The van der Waals surface area contributed by atoms with Gasteiger partial charge in [-0.2, -0.15) is 0 Å². The molecule has 71 valence electrons. The summed E-state index contributed by atoms with van der Waals surface area (Å²) in [6.45, 7) is 6.74. The van der Waals surface area contributed by atoms with Crippen LogP contribution in [0, 0.1) is 0 Å². The molecule has 0 aliphatic heterocycles. The number of rotatable bonds is 7. The number of hydrogen-bond acceptors (Lipinski definition) is 1. The Hall–Kier alpha value is 0.394. The molecule has 0 heterocycles. The average molecular weight is 201 g/mol. The third kappa shape index (κ3) is 3.87. The molecule has 0 saturated heterocycles. The quantitative estimate of drug-likeness (QED) is 0.575. The predicted molar refractivity (Wildman–Crippen MR) is 57.9 cm³/mol. The van der Waals surface area contributed by atoms with E-state index < -0.39 is 8.32 Å². The van der Waals surface area contributed by atoms with E-state index in [4.69, 9.17) is 4.12 Å². The fraction of sp³-hybridized carbons (Fsp3) is 1.00. The van der Waals surface area contributed by atoms with E-state index in [-0.39, 0.29) is 0 Å². The first-order chi connectivity index (χ1) is 5.74. The number of hydrogen-bond donors (Lipinski definition) is 0. The molecule has 0 aromatic heterocycles. The van der Waals surface area contributed by atoms with Crippen LogP contribution >= 0.6 is 0 Å². The lowest BCUT2D eigenvalue weighted by atomic mass is 10.6. The zero-order valence-corrected chi connectivity index (χ0v) is 10.7. The Morgan fingerprint density at radius 1 is 0.917 bits per heavy atom. The van der Waals surface area contributed by atoms with E-state index in [9.17, 15) is 0 Å². The molecule has 0 aliphatic rings. The van der Waals surface area contributed by atoms with E-state index in [1.165, 1.54) is 37.4 Å². The first kappa shape index (κ1) is 12.4. The smallest absolute Gasteiger partial charge is 0.230 e. The Morgan fingerprint density at radius 3 is 1.42 bits per heavy atom. The molecule has 0 rings (SSSR count). The zero-order chi connectivity index (χ0) is 9.45. The van der Waals surface area contributed by atoms with Gasteiger partial charge in [-0.1, -0.05) is 40.0 Å². The summed E-state index contributed by atoms with van der Waals surface area (Å²) in [5.74, 6) is 0. The predicted octanol–water partition coefficient (Wildman–Crippen LogP) is 3.26. The normalized spacial score (nSPS) is 12.0. The van der Waals surface area contributed by atoms with Gasteiger partial charge in [-0.05, 0) is 18.1 Å². The van der Waals surface area contributed by atoms with E-state index >= 15 is 0 Å². The van der Waals surface area contributed by atoms with Crippen molar-refractivity contribution in [3.8, 4) is 0 Å². The summed E-state index contributed by atoms with van der Waals surface area (Å²) in [6, 6.07) is 3.91. The maximum atomic E-state index is 5.60. The van der Waals surface area contributed by atoms with Crippen molar-refractivity contribution in [1.82, 2.24) is 0 Å². The van der Waals surface area contributed by atoms with Gasteiger partial charge in [-0.15, -0.1) is 0 Å². The van der Waals surface area contributed by atoms with Gasteiger partial charge in [0.2, 0.25) is 10.5 Å². The summed E-state index contributed by atoms with van der Waals surface area (Å²) in [6.07, 6.45) is 3.78. The highest BCUT2D eigenvalue weighted by atomic mass is 28.4. The van der Waals surface area contributed by atoms with Crippen molar-refractivity contribution < 1.29 is 4.12 Å². The highest BCUT2D eigenvalue weighted by Gasteiger charge is 2.29. The van der Waals surface area contributed by atoms with Gasteiger partial charge in [0.25, 0.3) is 0 Å². The Kier molecular flexibility index (Phi) is 7.09. The van der Waals surface area contributed by atoms with E-state index in [0.717, 1.165) is 0 Å². The van der Waals surface area contributed by atoms with Crippen LogP contribution in [0.1, 0.15) is 40.0 Å². The molecule has 0 atom stereocenters. The van der Waals surface area contributed by atoms with Crippen LogP contribution in [0.4, 0.5) is 0 Å². The minimum Gasteiger partial charge on any atom is -0.457 e. The molecule has 0 bridgehead atoms. The summed E-state index contributed by atoms with van der Waals surface area (Å²) in [7, 11) is 1.93. The molecule has 3 heteroatoms. The summed E-state index contributed by atoms with van der Waals surface area (Å²) >= 11 is 0. The SMILES string of the molecule is CCC[Si](CCC)(CCC)O[Si]. The molecular weight excluding hydrogens is 180 g/mol. The summed E-state index contributed by atoms with van der Waals surface area (Å²) in [5.41, 5.74) is 0. The molecule has 3 radical (unpaired) electrons. The lowest BCUT2D eigenvalue weighted by Gasteiger charge is -2.29.